The van der Waals surface area contributed by atoms with Crippen molar-refractivity contribution >= 4 is 17.6 Å². The Morgan fingerprint density at radius 1 is 0.964 bits per heavy atom. The van der Waals surface area contributed by atoms with Crippen LogP contribution >= 0.6 is 0 Å². The van der Waals surface area contributed by atoms with Crippen LogP contribution in [0.25, 0.3) is 0 Å². The van der Waals surface area contributed by atoms with Crippen LogP contribution in [0.1, 0.15) is 27.6 Å². The van der Waals surface area contributed by atoms with Gasteiger partial charge < -0.3 is 15.2 Å². The number of phenolic OH excluding ortho intramolecular Hbond substituents is 1. The smallest absolute Gasteiger partial charge is 0.343 e. The standard InChI is InChI=1S/C22H18FNO4/c1-14-6-5-9-18(19(14)25)22(27)28-20(15-7-3-2-4-8-15)21(26)24-17-12-10-16(23)11-13-17/h2-13,20,25H,1H3,(H,24,26)/t20-/m1/s1. The van der Waals surface area contributed by atoms with Gasteiger partial charge >= 0.3 is 5.97 Å². The highest BCUT2D eigenvalue weighted by molar-refractivity contribution is 5.99. The van der Waals surface area contributed by atoms with Crippen LogP contribution in [-0.4, -0.2) is 17.0 Å². The summed E-state index contributed by atoms with van der Waals surface area (Å²) in [4.78, 5) is 25.4. The number of amides is 1. The number of carbonyl (C=O) groups excluding carboxylic acids is 2. The summed E-state index contributed by atoms with van der Waals surface area (Å²) >= 11 is 0. The number of anilines is 1. The average Bonchev–Trinajstić information content (AvgIpc) is 2.70. The summed E-state index contributed by atoms with van der Waals surface area (Å²) in [7, 11) is 0. The van der Waals surface area contributed by atoms with Crippen molar-refractivity contribution in [3.63, 3.8) is 0 Å². The molecule has 0 unspecified atom stereocenters. The van der Waals surface area contributed by atoms with E-state index in [1.165, 1.54) is 30.3 Å². The van der Waals surface area contributed by atoms with Gasteiger partial charge in [0.05, 0.1) is 0 Å². The molecule has 28 heavy (non-hydrogen) atoms. The van der Waals surface area contributed by atoms with Gasteiger partial charge in [-0.2, -0.15) is 0 Å². The van der Waals surface area contributed by atoms with Crippen LogP contribution in [0.3, 0.4) is 0 Å². The Hall–Kier alpha value is -3.67. The van der Waals surface area contributed by atoms with Gasteiger partial charge in [0.1, 0.15) is 17.1 Å². The number of phenols is 1. The van der Waals surface area contributed by atoms with Gasteiger partial charge in [-0.3, -0.25) is 4.79 Å². The fraction of sp³-hybridized carbons (Fsp3) is 0.0909. The molecule has 142 valence electrons. The van der Waals surface area contributed by atoms with Crippen molar-refractivity contribution in [3.8, 4) is 5.75 Å². The quantitative estimate of drug-likeness (QED) is 0.645. The topological polar surface area (TPSA) is 75.6 Å². The van der Waals surface area contributed by atoms with E-state index in [9.17, 15) is 19.1 Å². The average molecular weight is 379 g/mol. The molecular formula is C22H18FNO4. The van der Waals surface area contributed by atoms with Crippen LogP contribution < -0.4 is 5.32 Å². The lowest BCUT2D eigenvalue weighted by atomic mass is 10.1. The number of ether oxygens (including phenoxy) is 1. The van der Waals surface area contributed by atoms with Gasteiger partial charge in [-0.1, -0.05) is 42.5 Å². The monoisotopic (exact) mass is 379 g/mol. The molecule has 0 radical (unpaired) electrons. The lowest BCUT2D eigenvalue weighted by molar-refractivity contribution is -0.125. The summed E-state index contributed by atoms with van der Waals surface area (Å²) in [5.74, 6) is -2.06. The number of esters is 1. The van der Waals surface area contributed by atoms with E-state index in [-0.39, 0.29) is 11.3 Å². The molecule has 0 bridgehead atoms. The molecule has 0 aliphatic heterocycles. The molecule has 0 heterocycles. The number of hydrogen-bond acceptors (Lipinski definition) is 4. The Balaban J connectivity index is 1.87. The highest BCUT2D eigenvalue weighted by Crippen LogP contribution is 2.26. The predicted molar refractivity (Wildman–Crippen MR) is 102 cm³/mol. The van der Waals surface area contributed by atoms with Crippen LogP contribution in [0.4, 0.5) is 10.1 Å². The first-order valence-corrected chi connectivity index (χ1v) is 8.56. The molecule has 5 nitrogen and oxygen atoms in total. The fourth-order valence-corrected chi connectivity index (χ4v) is 2.64. The van der Waals surface area contributed by atoms with Gasteiger partial charge in [-0.05, 0) is 42.8 Å². The zero-order valence-electron chi connectivity index (χ0n) is 15.1. The molecule has 0 aliphatic carbocycles. The SMILES string of the molecule is Cc1cccc(C(=O)O[C@@H](C(=O)Nc2ccc(F)cc2)c2ccccc2)c1O. The minimum Gasteiger partial charge on any atom is -0.507 e. The Bertz CT molecular complexity index is 987. The second-order valence-corrected chi connectivity index (χ2v) is 6.16. The van der Waals surface area contributed by atoms with Crippen molar-refractivity contribution in [1.82, 2.24) is 0 Å². The molecule has 6 heteroatoms. The number of aryl methyl sites for hydroxylation is 1. The summed E-state index contributed by atoms with van der Waals surface area (Å²) in [6.07, 6.45) is -1.25. The summed E-state index contributed by atoms with van der Waals surface area (Å²) < 4.78 is 18.5. The Morgan fingerprint density at radius 2 is 1.64 bits per heavy atom. The summed E-state index contributed by atoms with van der Waals surface area (Å²) in [5.41, 5.74) is 1.31. The Morgan fingerprint density at radius 3 is 2.32 bits per heavy atom. The zero-order chi connectivity index (χ0) is 20.1. The number of benzene rings is 3. The molecular weight excluding hydrogens is 361 g/mol. The number of halogens is 1. The van der Waals surface area contributed by atoms with Gasteiger partial charge in [-0.25, -0.2) is 9.18 Å². The van der Waals surface area contributed by atoms with E-state index in [0.29, 0.717) is 16.8 Å². The van der Waals surface area contributed by atoms with Crippen LogP contribution in [0.5, 0.6) is 5.75 Å². The van der Waals surface area contributed by atoms with Crippen molar-refractivity contribution in [3.05, 3.63) is 95.3 Å². The fourth-order valence-electron chi connectivity index (χ4n) is 2.64. The highest BCUT2D eigenvalue weighted by atomic mass is 19.1. The van der Waals surface area contributed by atoms with Crippen molar-refractivity contribution in [2.75, 3.05) is 5.32 Å². The predicted octanol–water partition coefficient (Wildman–Crippen LogP) is 4.38. The molecule has 0 spiro atoms. The third-order valence-corrected chi connectivity index (χ3v) is 4.13. The first-order valence-electron chi connectivity index (χ1n) is 8.56. The van der Waals surface area contributed by atoms with E-state index in [2.05, 4.69) is 5.32 Å². The molecule has 0 saturated heterocycles. The molecule has 0 fully saturated rings. The maximum Gasteiger partial charge on any atom is 0.343 e. The van der Waals surface area contributed by atoms with Crippen LogP contribution in [0, 0.1) is 12.7 Å². The van der Waals surface area contributed by atoms with E-state index in [4.69, 9.17) is 4.74 Å². The largest absolute Gasteiger partial charge is 0.507 e. The number of carbonyl (C=O) groups is 2. The molecule has 1 amide bonds. The van der Waals surface area contributed by atoms with Gasteiger partial charge in [-0.15, -0.1) is 0 Å². The molecule has 0 saturated carbocycles. The molecule has 2 N–H and O–H groups in total. The van der Waals surface area contributed by atoms with Gasteiger partial charge in [0.2, 0.25) is 6.10 Å². The minimum absolute atomic E-state index is 0.0319. The molecule has 0 aromatic heterocycles. The maximum absolute atomic E-state index is 13.1. The van der Waals surface area contributed by atoms with Crippen molar-refractivity contribution in [1.29, 1.82) is 0 Å². The first kappa shape index (κ1) is 19.1. The van der Waals surface area contributed by atoms with E-state index in [0.717, 1.165) is 0 Å². The van der Waals surface area contributed by atoms with Crippen LogP contribution in [-0.2, 0) is 9.53 Å². The van der Waals surface area contributed by atoms with E-state index < -0.39 is 23.8 Å². The Kier molecular flexibility index (Phi) is 5.69. The van der Waals surface area contributed by atoms with Crippen molar-refractivity contribution in [2.24, 2.45) is 0 Å². The zero-order valence-corrected chi connectivity index (χ0v) is 15.1. The van der Waals surface area contributed by atoms with E-state index in [1.54, 1.807) is 49.4 Å². The molecule has 3 aromatic rings. The number of hydrogen-bond donors (Lipinski definition) is 2. The van der Waals surface area contributed by atoms with E-state index >= 15 is 0 Å². The van der Waals surface area contributed by atoms with Crippen LogP contribution in [0.2, 0.25) is 0 Å². The summed E-state index contributed by atoms with van der Waals surface area (Å²) in [6.45, 7) is 1.65. The van der Waals surface area contributed by atoms with E-state index in [1.807, 2.05) is 0 Å². The number of rotatable bonds is 5. The highest BCUT2D eigenvalue weighted by Gasteiger charge is 2.27. The van der Waals surface area contributed by atoms with Crippen molar-refractivity contribution in [2.45, 2.75) is 13.0 Å². The first-order chi connectivity index (χ1) is 13.5. The van der Waals surface area contributed by atoms with Crippen LogP contribution in [0.15, 0.2) is 72.8 Å². The number of para-hydroxylation sites is 1. The van der Waals surface area contributed by atoms with Gasteiger partial charge in [0, 0.05) is 11.3 Å². The number of nitrogens with one attached hydrogen (secondary N) is 1. The number of aromatic hydroxyl groups is 1. The molecule has 3 rings (SSSR count). The summed E-state index contributed by atoms with van der Waals surface area (Å²) in [6, 6.07) is 18.4. The van der Waals surface area contributed by atoms with Gasteiger partial charge in [0.15, 0.2) is 0 Å². The lowest BCUT2D eigenvalue weighted by Gasteiger charge is -2.18. The molecule has 3 aromatic carbocycles. The van der Waals surface area contributed by atoms with Crippen molar-refractivity contribution < 1.29 is 23.8 Å². The normalized spacial score (nSPS) is 11.5. The maximum atomic E-state index is 13.1. The lowest BCUT2D eigenvalue weighted by Crippen LogP contribution is -2.26. The third kappa shape index (κ3) is 4.35. The Labute approximate surface area is 161 Å². The second kappa shape index (κ2) is 8.35. The van der Waals surface area contributed by atoms with Gasteiger partial charge in [0.25, 0.3) is 5.91 Å². The molecule has 1 atom stereocenters. The molecule has 0 aliphatic rings. The minimum atomic E-state index is -1.25. The second-order valence-electron chi connectivity index (χ2n) is 6.16. The summed E-state index contributed by atoms with van der Waals surface area (Å²) in [5, 5.41) is 12.7. The third-order valence-electron chi connectivity index (χ3n) is 4.13.